The zero-order chi connectivity index (χ0) is 14.8. The smallest absolute Gasteiger partial charge is 0.220 e. The zero-order valence-electron chi connectivity index (χ0n) is 11.2. The summed E-state index contributed by atoms with van der Waals surface area (Å²) in [5, 5.41) is 4.72. The minimum absolute atomic E-state index is 0.471. The Balaban J connectivity index is 1.71. The van der Waals surface area contributed by atoms with Gasteiger partial charge in [0.15, 0.2) is 0 Å². The molecule has 0 fully saturated rings. The Morgan fingerprint density at radius 2 is 1.91 bits per heavy atom. The van der Waals surface area contributed by atoms with Crippen molar-refractivity contribution in [3.05, 3.63) is 55.3 Å². The zero-order valence-corrected chi connectivity index (χ0v) is 12.1. The van der Waals surface area contributed by atoms with Crippen molar-refractivity contribution in [2.45, 2.75) is 0 Å². The topological polar surface area (TPSA) is 77.6 Å². The highest BCUT2D eigenvalue weighted by molar-refractivity contribution is 7.18. The summed E-state index contributed by atoms with van der Waals surface area (Å²) in [7, 11) is 0. The van der Waals surface area contributed by atoms with Crippen LogP contribution < -0.4 is 0 Å². The molecule has 0 aliphatic heterocycles. The number of hydrogen-bond donors (Lipinski definition) is 0. The Morgan fingerprint density at radius 3 is 2.73 bits per heavy atom. The van der Waals surface area contributed by atoms with Crippen molar-refractivity contribution in [2.24, 2.45) is 0 Å². The summed E-state index contributed by atoms with van der Waals surface area (Å²) in [6.07, 6.45) is 6.64. The van der Waals surface area contributed by atoms with Crippen molar-refractivity contribution in [3.8, 4) is 32.7 Å². The second-order valence-electron chi connectivity index (χ2n) is 4.43. The molecule has 0 amide bonds. The van der Waals surface area contributed by atoms with Crippen LogP contribution in [0.3, 0.4) is 0 Å². The van der Waals surface area contributed by atoms with E-state index in [-0.39, 0.29) is 0 Å². The highest BCUT2D eigenvalue weighted by Crippen LogP contribution is 2.31. The fraction of sp³-hybridized carbons (Fsp3) is 0. The predicted octanol–water partition coefficient (Wildman–Crippen LogP) is 3.32. The van der Waals surface area contributed by atoms with Gasteiger partial charge >= 0.3 is 0 Å². The minimum Gasteiger partial charge on any atom is -0.342 e. The van der Waals surface area contributed by atoms with E-state index in [1.54, 1.807) is 23.7 Å². The highest BCUT2D eigenvalue weighted by Gasteiger charge is 2.10. The molecule has 4 aromatic rings. The van der Waals surface area contributed by atoms with E-state index in [0.29, 0.717) is 11.5 Å². The molecule has 0 atom stereocenters. The summed E-state index contributed by atoms with van der Waals surface area (Å²) in [4.78, 5) is 18.1. The maximum Gasteiger partial charge on any atom is 0.220 e. The summed E-state index contributed by atoms with van der Waals surface area (Å²) in [5.41, 5.74) is 2.49. The van der Waals surface area contributed by atoms with Gasteiger partial charge in [-0.05, 0) is 24.3 Å². The summed E-state index contributed by atoms with van der Waals surface area (Å²) < 4.78 is 4.76. The van der Waals surface area contributed by atoms with Crippen LogP contribution in [0, 0.1) is 0 Å². The lowest BCUT2D eigenvalue weighted by Crippen LogP contribution is -1.87. The Hall–Kier alpha value is -2.93. The number of rotatable bonds is 3. The molecule has 4 heterocycles. The maximum atomic E-state index is 4.76. The van der Waals surface area contributed by atoms with Crippen LogP contribution in [0.5, 0.6) is 0 Å². The van der Waals surface area contributed by atoms with E-state index < -0.39 is 0 Å². The highest BCUT2D eigenvalue weighted by atomic mass is 32.1. The van der Waals surface area contributed by atoms with Crippen LogP contribution in [0.1, 0.15) is 0 Å². The average molecular weight is 307 g/mol. The molecule has 0 saturated heterocycles. The van der Waals surface area contributed by atoms with Crippen LogP contribution in [-0.4, -0.2) is 25.1 Å². The standard InChI is InChI=1S/C15H9N5OS/c1-4-11(19-12(5-1)14-18-9-21-20-14)13-8-17-15(22-13)10-3-2-6-16-7-10/h1-9H. The lowest BCUT2D eigenvalue weighted by Gasteiger charge is -1.98. The molecule has 0 unspecified atom stereocenters. The molecule has 0 aliphatic rings. The van der Waals surface area contributed by atoms with Crippen molar-refractivity contribution >= 4 is 11.3 Å². The molecule has 4 rings (SSSR count). The van der Waals surface area contributed by atoms with Crippen LogP contribution in [0.25, 0.3) is 32.7 Å². The fourth-order valence-electron chi connectivity index (χ4n) is 2.00. The molecule has 0 bridgehead atoms. The molecule has 6 nitrogen and oxygen atoms in total. The normalized spacial score (nSPS) is 10.7. The lowest BCUT2D eigenvalue weighted by atomic mass is 10.2. The fourth-order valence-corrected chi connectivity index (χ4v) is 2.87. The third-order valence-electron chi connectivity index (χ3n) is 3.01. The largest absolute Gasteiger partial charge is 0.342 e. The monoisotopic (exact) mass is 307 g/mol. The predicted molar refractivity (Wildman–Crippen MR) is 81.9 cm³/mol. The van der Waals surface area contributed by atoms with Crippen molar-refractivity contribution in [1.82, 2.24) is 25.1 Å². The third-order valence-corrected chi connectivity index (χ3v) is 4.08. The quantitative estimate of drug-likeness (QED) is 0.578. The molecule has 0 spiro atoms. The Bertz CT molecular complexity index is 889. The first-order valence-corrected chi connectivity index (χ1v) is 7.32. The molecule has 4 aromatic heterocycles. The van der Waals surface area contributed by atoms with Crippen LogP contribution in [0.2, 0.25) is 0 Å². The van der Waals surface area contributed by atoms with E-state index in [9.17, 15) is 0 Å². The summed E-state index contributed by atoms with van der Waals surface area (Å²) in [6, 6.07) is 9.57. The molecule has 22 heavy (non-hydrogen) atoms. The molecule has 0 radical (unpaired) electrons. The number of nitrogens with zero attached hydrogens (tertiary/aromatic N) is 5. The van der Waals surface area contributed by atoms with Gasteiger partial charge in [0.1, 0.15) is 10.7 Å². The molecule has 0 saturated carbocycles. The number of thiazole rings is 1. The molecule has 0 N–H and O–H groups in total. The van der Waals surface area contributed by atoms with Gasteiger partial charge in [-0.3, -0.25) is 4.98 Å². The van der Waals surface area contributed by atoms with Crippen LogP contribution in [-0.2, 0) is 0 Å². The summed E-state index contributed by atoms with van der Waals surface area (Å²) in [6.45, 7) is 0. The minimum atomic E-state index is 0.471. The van der Waals surface area contributed by atoms with Gasteiger partial charge in [0.05, 0.1) is 10.6 Å². The van der Waals surface area contributed by atoms with Gasteiger partial charge in [0, 0.05) is 24.2 Å². The van der Waals surface area contributed by atoms with Gasteiger partial charge < -0.3 is 4.52 Å². The third kappa shape index (κ3) is 2.38. The first-order chi connectivity index (χ1) is 10.9. The molecular weight excluding hydrogens is 298 g/mol. The molecule has 106 valence electrons. The van der Waals surface area contributed by atoms with Gasteiger partial charge in [0.25, 0.3) is 0 Å². The maximum absolute atomic E-state index is 4.76. The van der Waals surface area contributed by atoms with E-state index in [2.05, 4.69) is 25.1 Å². The molecular formula is C15H9N5OS. The lowest BCUT2D eigenvalue weighted by molar-refractivity contribution is 0.418. The van der Waals surface area contributed by atoms with Crippen molar-refractivity contribution in [3.63, 3.8) is 0 Å². The van der Waals surface area contributed by atoms with Gasteiger partial charge in [-0.15, -0.1) is 11.3 Å². The first kappa shape index (κ1) is 12.8. The molecule has 7 heteroatoms. The number of aromatic nitrogens is 5. The van der Waals surface area contributed by atoms with E-state index in [1.807, 2.05) is 36.5 Å². The van der Waals surface area contributed by atoms with Crippen LogP contribution >= 0.6 is 11.3 Å². The van der Waals surface area contributed by atoms with Crippen molar-refractivity contribution < 1.29 is 4.52 Å². The van der Waals surface area contributed by atoms with Gasteiger partial charge in [0.2, 0.25) is 12.2 Å². The Kier molecular flexibility index (Phi) is 3.17. The van der Waals surface area contributed by atoms with Crippen molar-refractivity contribution in [1.29, 1.82) is 0 Å². The molecule has 0 aliphatic carbocycles. The number of hydrogen-bond acceptors (Lipinski definition) is 7. The Labute approximate surface area is 129 Å². The van der Waals surface area contributed by atoms with Gasteiger partial charge in [-0.1, -0.05) is 11.2 Å². The van der Waals surface area contributed by atoms with Gasteiger partial charge in [-0.25, -0.2) is 9.97 Å². The van der Waals surface area contributed by atoms with Crippen molar-refractivity contribution in [2.75, 3.05) is 0 Å². The second-order valence-corrected chi connectivity index (χ2v) is 5.46. The van der Waals surface area contributed by atoms with Crippen LogP contribution in [0.15, 0.2) is 59.8 Å². The average Bonchev–Trinajstić information content (AvgIpc) is 3.28. The first-order valence-electron chi connectivity index (χ1n) is 6.50. The SMILES string of the molecule is c1cncc(-c2ncc(-c3cccc(-c4ncon4)n3)s2)c1. The van der Waals surface area contributed by atoms with E-state index in [4.69, 9.17) is 4.52 Å². The van der Waals surface area contributed by atoms with E-state index in [1.165, 1.54) is 6.39 Å². The molecule has 0 aromatic carbocycles. The number of pyridine rings is 2. The van der Waals surface area contributed by atoms with E-state index in [0.717, 1.165) is 21.1 Å². The second kappa shape index (κ2) is 5.45. The van der Waals surface area contributed by atoms with Gasteiger partial charge in [-0.2, -0.15) is 4.98 Å². The van der Waals surface area contributed by atoms with Crippen LogP contribution in [0.4, 0.5) is 0 Å². The summed E-state index contributed by atoms with van der Waals surface area (Å²) in [5.74, 6) is 0.471. The summed E-state index contributed by atoms with van der Waals surface area (Å²) >= 11 is 1.57. The van der Waals surface area contributed by atoms with E-state index >= 15 is 0 Å². The Morgan fingerprint density at radius 1 is 0.955 bits per heavy atom.